The summed E-state index contributed by atoms with van der Waals surface area (Å²) in [6.45, 7) is 4.00. The smallest absolute Gasteiger partial charge is 0.137 e. The first kappa shape index (κ1) is 9.99. The number of benzene rings is 1. The van der Waals surface area contributed by atoms with E-state index in [0.717, 1.165) is 16.7 Å². The van der Waals surface area contributed by atoms with Crippen molar-refractivity contribution in [3.05, 3.63) is 59.0 Å². The van der Waals surface area contributed by atoms with E-state index < -0.39 is 6.10 Å². The number of aliphatic hydroxyl groups is 1. The minimum Gasteiger partial charge on any atom is -0.466 e. The van der Waals surface area contributed by atoms with Gasteiger partial charge in [0, 0.05) is 0 Å². The number of hydrogen-bond acceptors (Lipinski definition) is 2. The minimum atomic E-state index is -0.667. The third-order valence-corrected chi connectivity index (χ3v) is 2.54. The zero-order valence-corrected chi connectivity index (χ0v) is 8.90. The standard InChI is InChI=1S/C13H14O2/c1-9-5-6-10(2)11(8-9)13(14)12-4-3-7-15-12/h3-8,13-14H,1-2H3/t13-/m1/s1. The van der Waals surface area contributed by atoms with Gasteiger partial charge in [-0.1, -0.05) is 23.8 Å². The van der Waals surface area contributed by atoms with Crippen LogP contribution in [0.2, 0.25) is 0 Å². The summed E-state index contributed by atoms with van der Waals surface area (Å²) in [6.07, 6.45) is 0.906. The predicted molar refractivity (Wildman–Crippen MR) is 58.7 cm³/mol. The number of aliphatic hydroxyl groups excluding tert-OH is 1. The number of furan rings is 1. The molecule has 0 fully saturated rings. The molecule has 0 aliphatic rings. The molecule has 0 aliphatic heterocycles. The second-order valence-electron chi connectivity index (χ2n) is 3.78. The Morgan fingerprint density at radius 1 is 1.20 bits per heavy atom. The van der Waals surface area contributed by atoms with E-state index >= 15 is 0 Å². The Hall–Kier alpha value is -1.54. The normalized spacial score (nSPS) is 12.7. The molecular formula is C13H14O2. The van der Waals surface area contributed by atoms with E-state index in [-0.39, 0.29) is 0 Å². The highest BCUT2D eigenvalue weighted by Gasteiger charge is 2.15. The maximum Gasteiger partial charge on any atom is 0.137 e. The topological polar surface area (TPSA) is 33.4 Å². The summed E-state index contributed by atoms with van der Waals surface area (Å²) in [5.41, 5.74) is 3.12. The first-order valence-electron chi connectivity index (χ1n) is 4.97. The van der Waals surface area contributed by atoms with Gasteiger partial charge in [-0.25, -0.2) is 0 Å². The first-order valence-corrected chi connectivity index (χ1v) is 4.97. The summed E-state index contributed by atoms with van der Waals surface area (Å²) in [6, 6.07) is 9.60. The van der Waals surface area contributed by atoms with Crippen LogP contribution in [0, 0.1) is 13.8 Å². The van der Waals surface area contributed by atoms with Crippen molar-refractivity contribution < 1.29 is 9.52 Å². The van der Waals surface area contributed by atoms with Crippen molar-refractivity contribution in [1.29, 1.82) is 0 Å². The molecule has 0 spiro atoms. The lowest BCUT2D eigenvalue weighted by Crippen LogP contribution is -2.01. The molecule has 0 unspecified atom stereocenters. The largest absolute Gasteiger partial charge is 0.466 e. The third-order valence-electron chi connectivity index (χ3n) is 2.54. The average molecular weight is 202 g/mol. The van der Waals surface area contributed by atoms with Gasteiger partial charge in [-0.05, 0) is 37.1 Å². The maximum atomic E-state index is 10.1. The molecule has 0 amide bonds. The third kappa shape index (κ3) is 1.95. The molecular weight excluding hydrogens is 188 g/mol. The van der Waals surface area contributed by atoms with Gasteiger partial charge in [0.1, 0.15) is 11.9 Å². The predicted octanol–water partition coefficient (Wildman–Crippen LogP) is 2.98. The van der Waals surface area contributed by atoms with Crippen LogP contribution in [0.25, 0.3) is 0 Å². The summed E-state index contributed by atoms with van der Waals surface area (Å²) < 4.78 is 5.19. The molecule has 1 N–H and O–H groups in total. The Kier molecular flexibility index (Phi) is 2.60. The molecule has 0 saturated heterocycles. The summed E-state index contributed by atoms with van der Waals surface area (Å²) in [5, 5.41) is 10.1. The van der Waals surface area contributed by atoms with Crippen LogP contribution in [0.3, 0.4) is 0 Å². The van der Waals surface area contributed by atoms with E-state index in [0.29, 0.717) is 5.76 Å². The molecule has 0 radical (unpaired) electrons. The van der Waals surface area contributed by atoms with Gasteiger partial charge in [0.2, 0.25) is 0 Å². The van der Waals surface area contributed by atoms with Gasteiger partial charge >= 0.3 is 0 Å². The van der Waals surface area contributed by atoms with Crippen LogP contribution in [0.4, 0.5) is 0 Å². The van der Waals surface area contributed by atoms with Crippen LogP contribution >= 0.6 is 0 Å². The van der Waals surface area contributed by atoms with E-state index in [4.69, 9.17) is 4.42 Å². The average Bonchev–Trinajstić information content (AvgIpc) is 2.74. The van der Waals surface area contributed by atoms with Crippen LogP contribution in [0.5, 0.6) is 0 Å². The van der Waals surface area contributed by atoms with E-state index in [9.17, 15) is 5.11 Å². The van der Waals surface area contributed by atoms with Crippen LogP contribution < -0.4 is 0 Å². The SMILES string of the molecule is Cc1ccc(C)c([C@@H](O)c2ccco2)c1. The lowest BCUT2D eigenvalue weighted by Gasteiger charge is -2.12. The maximum absolute atomic E-state index is 10.1. The fourth-order valence-corrected chi connectivity index (χ4v) is 1.65. The molecule has 1 aromatic heterocycles. The zero-order chi connectivity index (χ0) is 10.8. The Morgan fingerprint density at radius 2 is 2.00 bits per heavy atom. The molecule has 2 nitrogen and oxygen atoms in total. The van der Waals surface area contributed by atoms with Crippen molar-refractivity contribution >= 4 is 0 Å². The van der Waals surface area contributed by atoms with Gasteiger partial charge in [0.05, 0.1) is 6.26 Å². The van der Waals surface area contributed by atoms with Crippen LogP contribution in [-0.2, 0) is 0 Å². The van der Waals surface area contributed by atoms with E-state index in [2.05, 4.69) is 0 Å². The van der Waals surface area contributed by atoms with Gasteiger partial charge in [0.15, 0.2) is 0 Å². The van der Waals surface area contributed by atoms with Crippen molar-refractivity contribution in [2.75, 3.05) is 0 Å². The zero-order valence-electron chi connectivity index (χ0n) is 8.90. The van der Waals surface area contributed by atoms with Gasteiger partial charge < -0.3 is 9.52 Å². The molecule has 1 aromatic carbocycles. The Balaban J connectivity index is 2.41. The van der Waals surface area contributed by atoms with E-state index in [1.165, 1.54) is 0 Å². The molecule has 2 heteroatoms. The Bertz CT molecular complexity index is 444. The monoisotopic (exact) mass is 202 g/mol. The van der Waals surface area contributed by atoms with Gasteiger partial charge in [-0.3, -0.25) is 0 Å². The minimum absolute atomic E-state index is 0.587. The van der Waals surface area contributed by atoms with Crippen LogP contribution in [-0.4, -0.2) is 5.11 Å². The summed E-state index contributed by atoms with van der Waals surface area (Å²) in [7, 11) is 0. The molecule has 0 aliphatic carbocycles. The van der Waals surface area contributed by atoms with Crippen molar-refractivity contribution in [2.45, 2.75) is 20.0 Å². The summed E-state index contributed by atoms with van der Waals surface area (Å²) in [5.74, 6) is 0.587. The molecule has 78 valence electrons. The quantitative estimate of drug-likeness (QED) is 0.812. The van der Waals surface area contributed by atoms with E-state index in [1.807, 2.05) is 32.0 Å². The summed E-state index contributed by atoms with van der Waals surface area (Å²) >= 11 is 0. The summed E-state index contributed by atoms with van der Waals surface area (Å²) in [4.78, 5) is 0. The molecule has 0 bridgehead atoms. The molecule has 2 aromatic rings. The van der Waals surface area contributed by atoms with Gasteiger partial charge in [0.25, 0.3) is 0 Å². The lowest BCUT2D eigenvalue weighted by atomic mass is 9.99. The second kappa shape index (κ2) is 3.91. The lowest BCUT2D eigenvalue weighted by molar-refractivity contribution is 0.188. The number of rotatable bonds is 2. The number of aryl methyl sites for hydroxylation is 2. The highest BCUT2D eigenvalue weighted by molar-refractivity contribution is 5.35. The fraction of sp³-hybridized carbons (Fsp3) is 0.231. The van der Waals surface area contributed by atoms with Crippen molar-refractivity contribution in [3.63, 3.8) is 0 Å². The molecule has 1 heterocycles. The molecule has 1 atom stereocenters. The van der Waals surface area contributed by atoms with Crippen molar-refractivity contribution in [2.24, 2.45) is 0 Å². The Morgan fingerprint density at radius 3 is 2.67 bits per heavy atom. The first-order chi connectivity index (χ1) is 7.18. The highest BCUT2D eigenvalue weighted by Crippen LogP contribution is 2.25. The van der Waals surface area contributed by atoms with Crippen molar-refractivity contribution in [1.82, 2.24) is 0 Å². The molecule has 0 saturated carbocycles. The molecule has 2 rings (SSSR count). The number of hydrogen-bond donors (Lipinski definition) is 1. The van der Waals surface area contributed by atoms with Gasteiger partial charge in [-0.2, -0.15) is 0 Å². The Labute approximate surface area is 89.2 Å². The molecule has 15 heavy (non-hydrogen) atoms. The van der Waals surface area contributed by atoms with Crippen LogP contribution in [0.15, 0.2) is 41.0 Å². The highest BCUT2D eigenvalue weighted by atomic mass is 16.4. The van der Waals surface area contributed by atoms with Crippen molar-refractivity contribution in [3.8, 4) is 0 Å². The second-order valence-corrected chi connectivity index (χ2v) is 3.78. The fourth-order valence-electron chi connectivity index (χ4n) is 1.65. The van der Waals surface area contributed by atoms with E-state index in [1.54, 1.807) is 18.4 Å². The van der Waals surface area contributed by atoms with Crippen LogP contribution in [0.1, 0.15) is 28.6 Å². The van der Waals surface area contributed by atoms with Gasteiger partial charge in [-0.15, -0.1) is 0 Å².